The lowest BCUT2D eigenvalue weighted by atomic mass is 10.2. The molecule has 0 radical (unpaired) electrons. The Balaban J connectivity index is 4.49. The molecule has 0 aliphatic heterocycles. The van der Waals surface area contributed by atoms with Gasteiger partial charge in [-0.3, -0.25) is 9.80 Å². The highest BCUT2D eigenvalue weighted by Crippen LogP contribution is 2.07. The van der Waals surface area contributed by atoms with E-state index in [2.05, 4.69) is 22.0 Å². The maximum atomic E-state index is 10.5. The Morgan fingerprint density at radius 1 is 0.920 bits per heavy atom. The third kappa shape index (κ3) is 14.6. The van der Waals surface area contributed by atoms with Crippen molar-refractivity contribution in [1.82, 2.24) is 15.1 Å². The topological polar surface area (TPSA) is 66.4 Å². The Morgan fingerprint density at radius 3 is 2.12 bits per heavy atom. The van der Waals surface area contributed by atoms with Gasteiger partial charge in [0.15, 0.2) is 0 Å². The summed E-state index contributed by atoms with van der Waals surface area (Å²) >= 11 is 0. The van der Waals surface area contributed by atoms with Crippen molar-refractivity contribution >= 4 is 0 Å². The van der Waals surface area contributed by atoms with Gasteiger partial charge in [-0.2, -0.15) is 0 Å². The van der Waals surface area contributed by atoms with E-state index in [0.717, 1.165) is 78.3 Å². The molecule has 1 atom stereocenters. The average Bonchev–Trinajstić information content (AvgIpc) is 2.60. The number of methoxy groups -OCH3 is 3. The minimum absolute atomic E-state index is 0.403. The van der Waals surface area contributed by atoms with Crippen molar-refractivity contribution in [3.63, 3.8) is 0 Å². The molecule has 7 nitrogen and oxygen atoms in total. The molecular weight excluding hydrogens is 322 g/mol. The van der Waals surface area contributed by atoms with Crippen molar-refractivity contribution in [3.8, 4) is 0 Å². The first kappa shape index (κ1) is 24.7. The van der Waals surface area contributed by atoms with Gasteiger partial charge in [0.2, 0.25) is 0 Å². The molecule has 25 heavy (non-hydrogen) atoms. The molecule has 0 amide bonds. The number of rotatable bonds is 19. The monoisotopic (exact) mass is 363 g/mol. The molecule has 0 saturated carbocycles. The molecule has 0 aliphatic carbocycles. The van der Waals surface area contributed by atoms with Gasteiger partial charge in [0.1, 0.15) is 6.23 Å². The highest BCUT2D eigenvalue weighted by atomic mass is 16.5. The Bertz CT molecular complexity index is 273. The van der Waals surface area contributed by atoms with Gasteiger partial charge in [-0.05, 0) is 32.2 Å². The normalized spacial score (nSPS) is 13.1. The van der Waals surface area contributed by atoms with E-state index in [9.17, 15) is 5.11 Å². The zero-order valence-corrected chi connectivity index (χ0v) is 16.8. The standard InChI is InChI=1S/C18H41N3O4/c1-5-9-18(22)21(12-8-15-25-4)17-20(11-7-14-24-3)16-19-10-6-13-23-2/h18-19,22H,5-17H2,1-4H3. The molecular formula is C18H41N3O4. The molecule has 0 fully saturated rings. The second-order valence-corrected chi connectivity index (χ2v) is 6.31. The van der Waals surface area contributed by atoms with Gasteiger partial charge in [-0.15, -0.1) is 0 Å². The predicted molar refractivity (Wildman–Crippen MR) is 102 cm³/mol. The van der Waals surface area contributed by atoms with Gasteiger partial charge in [0.25, 0.3) is 0 Å². The predicted octanol–water partition coefficient (Wildman–Crippen LogP) is 1.32. The van der Waals surface area contributed by atoms with E-state index in [0.29, 0.717) is 6.61 Å². The van der Waals surface area contributed by atoms with Gasteiger partial charge in [0, 0.05) is 60.9 Å². The van der Waals surface area contributed by atoms with E-state index in [1.807, 2.05) is 0 Å². The van der Waals surface area contributed by atoms with E-state index in [1.165, 1.54) is 0 Å². The van der Waals surface area contributed by atoms with Crippen LogP contribution in [0.5, 0.6) is 0 Å². The molecule has 7 heteroatoms. The molecule has 0 aromatic carbocycles. The molecule has 0 heterocycles. The molecule has 0 aromatic rings. The molecule has 0 rings (SSSR count). The van der Waals surface area contributed by atoms with Crippen LogP contribution in [0, 0.1) is 0 Å². The van der Waals surface area contributed by atoms with Crippen LogP contribution >= 0.6 is 0 Å². The van der Waals surface area contributed by atoms with Crippen LogP contribution < -0.4 is 5.32 Å². The summed E-state index contributed by atoms with van der Waals surface area (Å²) in [4.78, 5) is 4.48. The number of ether oxygens (including phenoxy) is 3. The maximum absolute atomic E-state index is 10.5. The summed E-state index contributed by atoms with van der Waals surface area (Å²) in [7, 11) is 5.17. The first-order valence-electron chi connectivity index (χ1n) is 9.51. The van der Waals surface area contributed by atoms with Crippen molar-refractivity contribution in [1.29, 1.82) is 0 Å². The van der Waals surface area contributed by atoms with Crippen LogP contribution in [-0.2, 0) is 14.2 Å². The van der Waals surface area contributed by atoms with E-state index in [4.69, 9.17) is 14.2 Å². The van der Waals surface area contributed by atoms with Crippen molar-refractivity contribution in [2.24, 2.45) is 0 Å². The minimum Gasteiger partial charge on any atom is -0.385 e. The zero-order chi connectivity index (χ0) is 18.8. The maximum Gasteiger partial charge on any atom is 0.108 e. The molecule has 0 spiro atoms. The summed E-state index contributed by atoms with van der Waals surface area (Å²) in [5.41, 5.74) is 0. The molecule has 0 bridgehead atoms. The highest BCUT2D eigenvalue weighted by Gasteiger charge is 2.17. The second-order valence-electron chi connectivity index (χ2n) is 6.31. The molecule has 2 N–H and O–H groups in total. The van der Waals surface area contributed by atoms with Crippen LogP contribution in [-0.4, -0.2) is 95.3 Å². The fraction of sp³-hybridized carbons (Fsp3) is 1.00. The number of hydrogen-bond acceptors (Lipinski definition) is 7. The summed E-state index contributed by atoms with van der Waals surface area (Å²) in [6.07, 6.45) is 4.26. The first-order valence-corrected chi connectivity index (χ1v) is 9.51. The summed E-state index contributed by atoms with van der Waals surface area (Å²) < 4.78 is 15.4. The number of aliphatic hydroxyl groups excluding tert-OH is 1. The molecule has 0 saturated heterocycles. The van der Waals surface area contributed by atoms with E-state index < -0.39 is 6.23 Å². The summed E-state index contributed by atoms with van der Waals surface area (Å²) in [5, 5.41) is 13.9. The van der Waals surface area contributed by atoms with Crippen molar-refractivity contribution < 1.29 is 19.3 Å². The van der Waals surface area contributed by atoms with Crippen molar-refractivity contribution in [2.45, 2.75) is 45.3 Å². The number of hydrogen-bond donors (Lipinski definition) is 2. The zero-order valence-electron chi connectivity index (χ0n) is 16.8. The SMILES string of the molecule is CCCC(O)N(CCCOC)CN(CCCOC)CNCCCOC. The highest BCUT2D eigenvalue weighted by molar-refractivity contribution is 4.65. The Hall–Kier alpha value is -0.280. The van der Waals surface area contributed by atoms with E-state index in [-0.39, 0.29) is 0 Å². The number of nitrogens with zero attached hydrogens (tertiary/aromatic N) is 2. The quantitative estimate of drug-likeness (QED) is 0.265. The Labute approximate surface area is 154 Å². The van der Waals surface area contributed by atoms with Crippen LogP contribution in [0.3, 0.4) is 0 Å². The summed E-state index contributed by atoms with van der Waals surface area (Å²) in [6, 6.07) is 0. The largest absolute Gasteiger partial charge is 0.385 e. The third-order valence-corrected chi connectivity index (χ3v) is 4.00. The Morgan fingerprint density at radius 2 is 1.52 bits per heavy atom. The van der Waals surface area contributed by atoms with Gasteiger partial charge in [-0.25, -0.2) is 0 Å². The van der Waals surface area contributed by atoms with Gasteiger partial charge < -0.3 is 24.6 Å². The van der Waals surface area contributed by atoms with Crippen LogP contribution in [0.15, 0.2) is 0 Å². The average molecular weight is 364 g/mol. The third-order valence-electron chi connectivity index (χ3n) is 4.00. The lowest BCUT2D eigenvalue weighted by Crippen LogP contribution is -2.47. The molecule has 152 valence electrons. The molecule has 0 aromatic heterocycles. The molecule has 1 unspecified atom stereocenters. The fourth-order valence-corrected chi connectivity index (χ4v) is 2.63. The van der Waals surface area contributed by atoms with Gasteiger partial charge in [0.05, 0.1) is 6.67 Å². The van der Waals surface area contributed by atoms with Crippen LogP contribution in [0.1, 0.15) is 39.0 Å². The Kier molecular flexibility index (Phi) is 18.3. The summed E-state index contributed by atoms with van der Waals surface area (Å²) in [5.74, 6) is 0. The minimum atomic E-state index is -0.403. The lowest BCUT2D eigenvalue weighted by Gasteiger charge is -2.34. The van der Waals surface area contributed by atoms with Crippen LogP contribution in [0.4, 0.5) is 0 Å². The number of nitrogens with one attached hydrogen (secondary N) is 1. The van der Waals surface area contributed by atoms with Crippen LogP contribution in [0.2, 0.25) is 0 Å². The van der Waals surface area contributed by atoms with E-state index >= 15 is 0 Å². The van der Waals surface area contributed by atoms with Crippen molar-refractivity contribution in [3.05, 3.63) is 0 Å². The van der Waals surface area contributed by atoms with E-state index in [1.54, 1.807) is 21.3 Å². The number of aliphatic hydroxyl groups is 1. The first-order chi connectivity index (χ1) is 12.2. The van der Waals surface area contributed by atoms with Crippen molar-refractivity contribution in [2.75, 3.05) is 74.1 Å². The summed E-state index contributed by atoms with van der Waals surface area (Å²) in [6.45, 7) is 8.58. The van der Waals surface area contributed by atoms with Gasteiger partial charge in [-0.1, -0.05) is 13.3 Å². The van der Waals surface area contributed by atoms with Gasteiger partial charge >= 0.3 is 0 Å². The van der Waals surface area contributed by atoms with Crippen LogP contribution in [0.25, 0.3) is 0 Å². The fourth-order valence-electron chi connectivity index (χ4n) is 2.63. The smallest absolute Gasteiger partial charge is 0.108 e. The lowest BCUT2D eigenvalue weighted by molar-refractivity contribution is -0.0409. The second kappa shape index (κ2) is 18.5. The molecule has 0 aliphatic rings.